The standard InChI is InChI=1S/C16H28N6O5SSi/c1-16(2,3)29(4,5)27-13-10(6-25-11(13)7-26-28(18,23)24)22-9-21-12-14(17)19-8-20-15(12)22/h8-11,13H,6-7H2,1-5H3,(H2,17,19,20)(H2,18,23,24)/t10?,11-,13?/m1/s1. The van der Waals surface area contributed by atoms with Gasteiger partial charge in [0.2, 0.25) is 0 Å². The van der Waals surface area contributed by atoms with E-state index in [-0.39, 0.29) is 30.1 Å². The summed E-state index contributed by atoms with van der Waals surface area (Å²) in [7, 11) is -6.33. The molecule has 3 rings (SSSR count). The van der Waals surface area contributed by atoms with Gasteiger partial charge in [-0.1, -0.05) is 20.8 Å². The molecule has 3 atom stereocenters. The molecular formula is C16H28N6O5SSi. The predicted octanol–water partition coefficient (Wildman–Crippen LogP) is 0.959. The normalized spacial score (nSPS) is 23.7. The first-order chi connectivity index (χ1) is 13.3. The Labute approximate surface area is 171 Å². The number of aromatic nitrogens is 4. The van der Waals surface area contributed by atoms with Gasteiger partial charge >= 0.3 is 10.3 Å². The van der Waals surface area contributed by atoms with Gasteiger partial charge in [-0.05, 0) is 18.1 Å². The molecule has 0 aliphatic carbocycles. The molecule has 3 heterocycles. The average molecular weight is 445 g/mol. The smallest absolute Gasteiger partial charge is 0.333 e. The van der Waals surface area contributed by atoms with Gasteiger partial charge in [0, 0.05) is 0 Å². The largest absolute Gasteiger partial charge is 0.409 e. The molecule has 162 valence electrons. The lowest BCUT2D eigenvalue weighted by Gasteiger charge is -2.40. The maximum absolute atomic E-state index is 11.3. The fourth-order valence-corrected chi connectivity index (χ4v) is 4.65. The second-order valence-corrected chi connectivity index (χ2v) is 14.6. The first kappa shape index (κ1) is 22.1. The van der Waals surface area contributed by atoms with Crippen molar-refractivity contribution in [2.45, 2.75) is 57.2 Å². The molecule has 0 aromatic carbocycles. The third-order valence-electron chi connectivity index (χ3n) is 5.60. The van der Waals surface area contributed by atoms with Crippen LogP contribution in [0.1, 0.15) is 26.8 Å². The highest BCUT2D eigenvalue weighted by molar-refractivity contribution is 7.84. The molecule has 0 saturated carbocycles. The fourth-order valence-electron chi connectivity index (χ4n) is 2.99. The van der Waals surface area contributed by atoms with Gasteiger partial charge < -0.3 is 19.5 Å². The van der Waals surface area contributed by atoms with E-state index in [1.54, 1.807) is 6.33 Å². The molecule has 0 radical (unpaired) electrons. The summed E-state index contributed by atoms with van der Waals surface area (Å²) in [4.78, 5) is 12.6. The number of imidazole rings is 1. The van der Waals surface area contributed by atoms with Crippen molar-refractivity contribution in [1.82, 2.24) is 19.5 Å². The number of nitrogens with two attached hydrogens (primary N) is 2. The minimum atomic E-state index is -4.10. The van der Waals surface area contributed by atoms with Crippen molar-refractivity contribution in [2.24, 2.45) is 5.14 Å². The van der Waals surface area contributed by atoms with Crippen LogP contribution >= 0.6 is 0 Å². The Morgan fingerprint density at radius 2 is 2.00 bits per heavy atom. The van der Waals surface area contributed by atoms with Crippen molar-refractivity contribution >= 4 is 35.6 Å². The molecule has 11 nitrogen and oxygen atoms in total. The van der Waals surface area contributed by atoms with Gasteiger partial charge in [-0.2, -0.15) is 8.42 Å². The molecule has 2 aromatic heterocycles. The van der Waals surface area contributed by atoms with Crippen LogP contribution in [-0.4, -0.2) is 61.7 Å². The van der Waals surface area contributed by atoms with Crippen LogP contribution < -0.4 is 10.9 Å². The highest BCUT2D eigenvalue weighted by Crippen LogP contribution is 2.41. The highest BCUT2D eigenvalue weighted by Gasteiger charge is 2.47. The minimum absolute atomic E-state index is 0.0604. The summed E-state index contributed by atoms with van der Waals surface area (Å²) < 4.78 is 41.7. The Kier molecular flexibility index (Phi) is 5.75. The molecular weight excluding hydrogens is 416 g/mol. The van der Waals surface area contributed by atoms with E-state index in [1.165, 1.54) is 6.33 Å². The summed E-state index contributed by atoms with van der Waals surface area (Å²) in [6, 6.07) is -0.294. The zero-order valence-electron chi connectivity index (χ0n) is 17.2. The van der Waals surface area contributed by atoms with E-state index in [0.717, 1.165) is 0 Å². The van der Waals surface area contributed by atoms with E-state index in [0.29, 0.717) is 11.2 Å². The molecule has 0 spiro atoms. The Hall–Kier alpha value is -1.64. The van der Waals surface area contributed by atoms with Crippen LogP contribution in [-0.2, 0) is 23.7 Å². The first-order valence-electron chi connectivity index (χ1n) is 9.20. The van der Waals surface area contributed by atoms with Gasteiger partial charge in [0.25, 0.3) is 0 Å². The number of anilines is 1. The van der Waals surface area contributed by atoms with Crippen LogP contribution in [0.3, 0.4) is 0 Å². The van der Waals surface area contributed by atoms with E-state index in [9.17, 15) is 8.42 Å². The Balaban J connectivity index is 1.97. The first-order valence-corrected chi connectivity index (χ1v) is 13.6. The Morgan fingerprint density at radius 3 is 2.62 bits per heavy atom. The van der Waals surface area contributed by atoms with Crippen LogP contribution in [0.4, 0.5) is 5.82 Å². The van der Waals surface area contributed by atoms with Crippen LogP contribution in [0.5, 0.6) is 0 Å². The van der Waals surface area contributed by atoms with Crippen molar-refractivity contribution in [1.29, 1.82) is 0 Å². The van der Waals surface area contributed by atoms with Gasteiger partial charge in [0.1, 0.15) is 17.9 Å². The minimum Gasteiger partial charge on any atom is -0.409 e. The number of nitrogen functional groups attached to an aromatic ring is 1. The van der Waals surface area contributed by atoms with Crippen LogP contribution in [0, 0.1) is 0 Å². The number of rotatable bonds is 6. The molecule has 13 heteroatoms. The van der Waals surface area contributed by atoms with Crippen molar-refractivity contribution in [3.05, 3.63) is 12.7 Å². The lowest BCUT2D eigenvalue weighted by atomic mass is 10.1. The molecule has 0 amide bonds. The topological polar surface area (TPSA) is 157 Å². The SMILES string of the molecule is CC(C)(C)[Si](C)(C)OC1C(n2cnc3c(N)ncnc32)CO[C@@H]1COS(N)(=O)=O. The Bertz CT molecular complexity index is 989. The van der Waals surface area contributed by atoms with Crippen molar-refractivity contribution in [2.75, 3.05) is 18.9 Å². The summed E-state index contributed by atoms with van der Waals surface area (Å²) in [5.74, 6) is 0.281. The molecule has 1 fully saturated rings. The van der Waals surface area contributed by atoms with Gasteiger partial charge in [0.05, 0.1) is 31.7 Å². The van der Waals surface area contributed by atoms with Crippen LogP contribution in [0.15, 0.2) is 12.7 Å². The molecule has 1 aliphatic rings. The average Bonchev–Trinajstić information content (AvgIpc) is 3.15. The predicted molar refractivity (Wildman–Crippen MR) is 110 cm³/mol. The molecule has 1 aliphatic heterocycles. The summed E-state index contributed by atoms with van der Waals surface area (Å²) in [6.07, 6.45) is 1.89. The maximum atomic E-state index is 11.3. The quantitative estimate of drug-likeness (QED) is 0.619. The number of hydrogen-bond donors (Lipinski definition) is 2. The van der Waals surface area contributed by atoms with Crippen molar-refractivity contribution < 1.29 is 21.8 Å². The highest BCUT2D eigenvalue weighted by atomic mass is 32.2. The summed E-state index contributed by atoms with van der Waals surface area (Å²) >= 11 is 0. The van der Waals surface area contributed by atoms with Gasteiger partial charge in [-0.3, -0.25) is 4.18 Å². The van der Waals surface area contributed by atoms with E-state index in [4.69, 9.17) is 24.2 Å². The lowest BCUT2D eigenvalue weighted by molar-refractivity contribution is 0.0154. The van der Waals surface area contributed by atoms with E-state index < -0.39 is 30.8 Å². The van der Waals surface area contributed by atoms with E-state index >= 15 is 0 Å². The molecule has 2 unspecified atom stereocenters. The molecule has 4 N–H and O–H groups in total. The van der Waals surface area contributed by atoms with Gasteiger partial charge in [-0.25, -0.2) is 20.1 Å². The number of ether oxygens (including phenoxy) is 1. The van der Waals surface area contributed by atoms with Crippen LogP contribution in [0.25, 0.3) is 11.2 Å². The van der Waals surface area contributed by atoms with Gasteiger partial charge in [0.15, 0.2) is 19.8 Å². The van der Waals surface area contributed by atoms with E-state index in [2.05, 4.69) is 48.8 Å². The number of nitrogens with zero attached hydrogens (tertiary/aromatic N) is 4. The summed E-state index contributed by atoms with van der Waals surface area (Å²) in [5.41, 5.74) is 6.95. The van der Waals surface area contributed by atoms with Crippen LogP contribution in [0.2, 0.25) is 18.1 Å². The second kappa shape index (κ2) is 7.56. The molecule has 0 bridgehead atoms. The van der Waals surface area contributed by atoms with Gasteiger partial charge in [-0.15, -0.1) is 0 Å². The fraction of sp³-hybridized carbons (Fsp3) is 0.688. The zero-order valence-corrected chi connectivity index (χ0v) is 19.0. The second-order valence-electron chi connectivity index (χ2n) is 8.64. The lowest BCUT2D eigenvalue weighted by Crippen LogP contribution is -2.49. The molecule has 1 saturated heterocycles. The monoisotopic (exact) mass is 444 g/mol. The summed E-state index contributed by atoms with van der Waals surface area (Å²) in [6.45, 7) is 10.6. The third kappa shape index (κ3) is 4.59. The maximum Gasteiger partial charge on any atom is 0.333 e. The molecule has 2 aromatic rings. The van der Waals surface area contributed by atoms with E-state index in [1.807, 2.05) is 4.57 Å². The van der Waals surface area contributed by atoms with Crippen molar-refractivity contribution in [3.8, 4) is 0 Å². The van der Waals surface area contributed by atoms with Crippen molar-refractivity contribution in [3.63, 3.8) is 0 Å². The zero-order chi connectivity index (χ0) is 21.6. The Morgan fingerprint density at radius 1 is 1.31 bits per heavy atom. The summed E-state index contributed by atoms with van der Waals surface area (Å²) in [5, 5.41) is 4.93. The number of fused-ring (bicyclic) bond motifs is 1. The third-order valence-corrected chi connectivity index (χ3v) is 10.5. The number of hydrogen-bond acceptors (Lipinski definition) is 9. The molecule has 29 heavy (non-hydrogen) atoms.